The third kappa shape index (κ3) is 4.20. The molecule has 80 valence electrons. The Hall–Kier alpha value is -0.410. The zero-order valence-corrected chi connectivity index (χ0v) is 9.94. The van der Waals surface area contributed by atoms with Gasteiger partial charge >= 0.3 is 0 Å². The topological polar surface area (TPSA) is 24.9 Å². The molecule has 1 N–H and O–H groups in total. The predicted molar refractivity (Wildman–Crippen MR) is 62.8 cm³/mol. The number of aromatic nitrogens is 1. The molecule has 0 atom stereocenters. The van der Waals surface area contributed by atoms with Crippen molar-refractivity contribution in [3.8, 4) is 0 Å². The Balaban J connectivity index is 2.04. The van der Waals surface area contributed by atoms with Crippen LogP contribution >= 0.6 is 11.3 Å². The van der Waals surface area contributed by atoms with Crippen LogP contribution in [-0.2, 0) is 6.42 Å². The highest BCUT2D eigenvalue weighted by Crippen LogP contribution is 2.06. The van der Waals surface area contributed by atoms with Crippen molar-refractivity contribution >= 4 is 11.3 Å². The molecule has 0 saturated carbocycles. The van der Waals surface area contributed by atoms with Crippen LogP contribution in [0.2, 0.25) is 0 Å². The van der Waals surface area contributed by atoms with Crippen LogP contribution in [0.15, 0.2) is 11.6 Å². The number of nitrogens with one attached hydrogen (secondary N) is 1. The van der Waals surface area contributed by atoms with Crippen LogP contribution in [0.4, 0.5) is 0 Å². The fourth-order valence-electron chi connectivity index (χ4n) is 1.46. The van der Waals surface area contributed by atoms with E-state index in [9.17, 15) is 0 Å². The van der Waals surface area contributed by atoms with Gasteiger partial charge in [0.05, 0.1) is 5.01 Å². The van der Waals surface area contributed by atoms with Gasteiger partial charge in [-0.2, -0.15) is 0 Å². The maximum absolute atomic E-state index is 4.25. The molecular formula is C11H20N2S. The molecular weight excluding hydrogens is 192 g/mol. The molecule has 0 spiro atoms. The Morgan fingerprint density at radius 1 is 1.43 bits per heavy atom. The predicted octanol–water partition coefficient (Wildman–Crippen LogP) is 2.71. The second-order valence-corrected chi connectivity index (χ2v) is 4.54. The molecule has 1 aromatic heterocycles. The van der Waals surface area contributed by atoms with Gasteiger partial charge in [-0.05, 0) is 12.5 Å². The molecule has 1 rings (SSSR count). The molecule has 1 heterocycles. The Morgan fingerprint density at radius 2 is 2.21 bits per heavy atom. The minimum Gasteiger partial charge on any atom is -0.316 e. The third-order valence-corrected chi connectivity index (χ3v) is 3.43. The smallest absolute Gasteiger partial charge is 0.0937 e. The summed E-state index contributed by atoms with van der Waals surface area (Å²) < 4.78 is 0. The maximum atomic E-state index is 4.25. The fraction of sp³-hybridized carbons (Fsp3) is 0.727. The van der Waals surface area contributed by atoms with E-state index in [0.29, 0.717) is 0 Å². The number of hydrogen-bond donors (Lipinski definition) is 1. The van der Waals surface area contributed by atoms with Crippen molar-refractivity contribution in [1.29, 1.82) is 0 Å². The van der Waals surface area contributed by atoms with Crippen LogP contribution < -0.4 is 5.32 Å². The molecule has 0 radical (unpaired) electrons. The monoisotopic (exact) mass is 212 g/mol. The van der Waals surface area contributed by atoms with E-state index < -0.39 is 0 Å². The molecule has 0 aliphatic heterocycles. The lowest BCUT2D eigenvalue weighted by Gasteiger charge is -2.12. The molecule has 0 bridgehead atoms. The first-order valence-electron chi connectivity index (χ1n) is 5.45. The summed E-state index contributed by atoms with van der Waals surface area (Å²) >= 11 is 1.74. The van der Waals surface area contributed by atoms with E-state index in [2.05, 4.69) is 24.1 Å². The molecule has 14 heavy (non-hydrogen) atoms. The van der Waals surface area contributed by atoms with Crippen LogP contribution in [0, 0.1) is 5.92 Å². The molecule has 3 heteroatoms. The number of rotatable bonds is 7. The van der Waals surface area contributed by atoms with Gasteiger partial charge in [0.2, 0.25) is 0 Å². The maximum Gasteiger partial charge on any atom is 0.0937 e. The summed E-state index contributed by atoms with van der Waals surface area (Å²) in [6.45, 7) is 6.73. The van der Waals surface area contributed by atoms with Gasteiger partial charge in [0.25, 0.3) is 0 Å². The molecule has 0 unspecified atom stereocenters. The van der Waals surface area contributed by atoms with Gasteiger partial charge in [0.15, 0.2) is 0 Å². The Labute approximate surface area is 90.8 Å². The molecule has 2 nitrogen and oxygen atoms in total. The Kier molecular flexibility index (Phi) is 5.80. The highest BCUT2D eigenvalue weighted by molar-refractivity contribution is 7.09. The van der Waals surface area contributed by atoms with E-state index >= 15 is 0 Å². The minimum atomic E-state index is 0.839. The first-order valence-corrected chi connectivity index (χ1v) is 6.33. The SMILES string of the molecule is CCC(CC)CNCCc1nccs1. The van der Waals surface area contributed by atoms with Crippen molar-refractivity contribution in [2.75, 3.05) is 13.1 Å². The van der Waals surface area contributed by atoms with Gasteiger partial charge in [-0.3, -0.25) is 0 Å². The Bertz CT molecular complexity index is 217. The van der Waals surface area contributed by atoms with Crippen molar-refractivity contribution in [3.63, 3.8) is 0 Å². The molecule has 0 aliphatic carbocycles. The first-order chi connectivity index (χ1) is 6.86. The van der Waals surface area contributed by atoms with Crippen molar-refractivity contribution < 1.29 is 0 Å². The number of hydrogen-bond acceptors (Lipinski definition) is 3. The first kappa shape index (κ1) is 11.7. The van der Waals surface area contributed by atoms with Crippen LogP contribution in [0.25, 0.3) is 0 Å². The zero-order chi connectivity index (χ0) is 10.2. The fourth-order valence-corrected chi connectivity index (χ4v) is 2.08. The van der Waals surface area contributed by atoms with Crippen LogP contribution in [-0.4, -0.2) is 18.1 Å². The van der Waals surface area contributed by atoms with E-state index in [1.165, 1.54) is 17.8 Å². The minimum absolute atomic E-state index is 0.839. The van der Waals surface area contributed by atoms with Crippen molar-refractivity contribution in [1.82, 2.24) is 10.3 Å². The second kappa shape index (κ2) is 6.96. The van der Waals surface area contributed by atoms with Gasteiger partial charge in [-0.1, -0.05) is 26.7 Å². The van der Waals surface area contributed by atoms with Crippen molar-refractivity contribution in [2.45, 2.75) is 33.1 Å². The summed E-state index contributed by atoms with van der Waals surface area (Å²) in [7, 11) is 0. The lowest BCUT2D eigenvalue weighted by Crippen LogP contribution is -2.24. The summed E-state index contributed by atoms with van der Waals surface area (Å²) in [5.41, 5.74) is 0. The number of thiazole rings is 1. The summed E-state index contributed by atoms with van der Waals surface area (Å²) in [6, 6.07) is 0. The number of nitrogens with zero attached hydrogens (tertiary/aromatic N) is 1. The Morgan fingerprint density at radius 3 is 2.79 bits per heavy atom. The second-order valence-electron chi connectivity index (χ2n) is 3.56. The molecule has 0 fully saturated rings. The van der Waals surface area contributed by atoms with E-state index in [1.807, 2.05) is 11.6 Å². The molecule has 0 saturated heterocycles. The molecule has 0 aliphatic rings. The van der Waals surface area contributed by atoms with Gasteiger partial charge in [0, 0.05) is 24.5 Å². The average Bonchev–Trinajstić information content (AvgIpc) is 2.71. The third-order valence-electron chi connectivity index (χ3n) is 2.59. The van der Waals surface area contributed by atoms with Gasteiger partial charge in [-0.25, -0.2) is 4.98 Å². The van der Waals surface area contributed by atoms with E-state index in [-0.39, 0.29) is 0 Å². The highest BCUT2D eigenvalue weighted by Gasteiger charge is 2.02. The summed E-state index contributed by atoms with van der Waals surface area (Å²) in [5.74, 6) is 0.839. The summed E-state index contributed by atoms with van der Waals surface area (Å²) in [6.07, 6.45) is 5.50. The van der Waals surface area contributed by atoms with E-state index in [4.69, 9.17) is 0 Å². The molecule has 0 amide bonds. The standard InChI is InChI=1S/C11H20N2S/c1-3-10(4-2)9-12-6-5-11-13-7-8-14-11/h7-8,10,12H,3-6,9H2,1-2H3. The molecule has 1 aromatic rings. The van der Waals surface area contributed by atoms with E-state index in [0.717, 1.165) is 25.4 Å². The van der Waals surface area contributed by atoms with Crippen molar-refractivity contribution in [3.05, 3.63) is 16.6 Å². The highest BCUT2D eigenvalue weighted by atomic mass is 32.1. The lowest BCUT2D eigenvalue weighted by atomic mass is 10.0. The largest absolute Gasteiger partial charge is 0.316 e. The van der Waals surface area contributed by atoms with Gasteiger partial charge in [-0.15, -0.1) is 11.3 Å². The molecule has 0 aromatic carbocycles. The van der Waals surface area contributed by atoms with Crippen LogP contribution in [0.5, 0.6) is 0 Å². The normalized spacial score (nSPS) is 11.1. The lowest BCUT2D eigenvalue weighted by molar-refractivity contribution is 0.452. The summed E-state index contributed by atoms with van der Waals surface area (Å²) in [5, 5.41) is 6.77. The zero-order valence-electron chi connectivity index (χ0n) is 9.12. The summed E-state index contributed by atoms with van der Waals surface area (Å²) in [4.78, 5) is 4.25. The van der Waals surface area contributed by atoms with E-state index in [1.54, 1.807) is 11.3 Å². The van der Waals surface area contributed by atoms with Crippen LogP contribution in [0.3, 0.4) is 0 Å². The van der Waals surface area contributed by atoms with Crippen LogP contribution in [0.1, 0.15) is 31.7 Å². The van der Waals surface area contributed by atoms with Gasteiger partial charge in [0.1, 0.15) is 0 Å². The average molecular weight is 212 g/mol. The van der Waals surface area contributed by atoms with Crippen molar-refractivity contribution in [2.24, 2.45) is 5.92 Å². The quantitative estimate of drug-likeness (QED) is 0.703. The van der Waals surface area contributed by atoms with Gasteiger partial charge < -0.3 is 5.32 Å².